The molecule has 1 saturated heterocycles. The highest BCUT2D eigenvalue weighted by Crippen LogP contribution is 2.33. The lowest BCUT2D eigenvalue weighted by molar-refractivity contribution is -0.121. The highest BCUT2D eigenvalue weighted by molar-refractivity contribution is 6.37. The van der Waals surface area contributed by atoms with E-state index in [4.69, 9.17) is 20.9 Å². The van der Waals surface area contributed by atoms with Crippen molar-refractivity contribution in [3.8, 4) is 11.4 Å². The number of allylic oxidation sites excluding steroid dienone is 1. The summed E-state index contributed by atoms with van der Waals surface area (Å²) in [5.74, 6) is 2.27. The van der Waals surface area contributed by atoms with Crippen LogP contribution in [0.2, 0.25) is 5.02 Å². The number of benzene rings is 1. The van der Waals surface area contributed by atoms with Crippen LogP contribution < -0.4 is 5.32 Å². The molecule has 1 aromatic heterocycles. The van der Waals surface area contributed by atoms with Gasteiger partial charge in [0.1, 0.15) is 11.7 Å². The Labute approximate surface area is 217 Å². The third-order valence-electron chi connectivity index (χ3n) is 5.82. The number of aromatic nitrogens is 2. The molecule has 0 aliphatic carbocycles. The lowest BCUT2D eigenvalue weighted by Gasteiger charge is -2.30. The topological polar surface area (TPSA) is 92.8 Å². The van der Waals surface area contributed by atoms with Gasteiger partial charge in [0.2, 0.25) is 11.7 Å². The van der Waals surface area contributed by atoms with Crippen molar-refractivity contribution >= 4 is 28.9 Å². The van der Waals surface area contributed by atoms with Gasteiger partial charge in [-0.1, -0.05) is 55.4 Å². The Morgan fingerprint density at radius 1 is 1.39 bits per heavy atom. The molecule has 9 heteroatoms. The van der Waals surface area contributed by atoms with E-state index < -0.39 is 0 Å². The van der Waals surface area contributed by atoms with Gasteiger partial charge in [0.15, 0.2) is 0 Å². The van der Waals surface area contributed by atoms with Crippen LogP contribution in [0.5, 0.6) is 0 Å². The Hall–Kier alpha value is -3.23. The summed E-state index contributed by atoms with van der Waals surface area (Å²) in [7, 11) is 0. The lowest BCUT2D eigenvalue weighted by atomic mass is 9.95. The van der Waals surface area contributed by atoms with Gasteiger partial charge in [0, 0.05) is 59.8 Å². The quantitative estimate of drug-likeness (QED) is 0.534. The van der Waals surface area contributed by atoms with Crippen molar-refractivity contribution in [2.45, 2.75) is 41.0 Å². The molecule has 2 aliphatic rings. The number of aryl methyl sites for hydroxylation is 1. The molecule has 0 radical (unpaired) electrons. The first-order valence-electron chi connectivity index (χ1n) is 12.3. The highest BCUT2D eigenvalue weighted by atomic mass is 35.5. The van der Waals surface area contributed by atoms with Crippen LogP contribution in [-0.4, -0.2) is 53.1 Å². The van der Waals surface area contributed by atoms with Crippen LogP contribution in [0.25, 0.3) is 17.0 Å². The molecule has 1 N–H and O–H groups in total. The van der Waals surface area contributed by atoms with Gasteiger partial charge >= 0.3 is 0 Å². The molecule has 8 nitrogen and oxygen atoms in total. The molecule has 36 heavy (non-hydrogen) atoms. The maximum atomic E-state index is 13.5. The first-order chi connectivity index (χ1) is 17.4. The lowest BCUT2D eigenvalue weighted by Crippen LogP contribution is -2.41. The number of rotatable bonds is 7. The van der Waals surface area contributed by atoms with E-state index >= 15 is 0 Å². The van der Waals surface area contributed by atoms with E-state index in [1.54, 1.807) is 24.0 Å². The summed E-state index contributed by atoms with van der Waals surface area (Å²) in [6.07, 6.45) is 4.77. The zero-order valence-electron chi connectivity index (χ0n) is 21.6. The molecule has 3 heterocycles. The highest BCUT2D eigenvalue weighted by Gasteiger charge is 2.31. The summed E-state index contributed by atoms with van der Waals surface area (Å²) >= 11 is 6.61. The van der Waals surface area contributed by atoms with Crippen molar-refractivity contribution in [2.75, 3.05) is 26.3 Å². The van der Waals surface area contributed by atoms with E-state index in [9.17, 15) is 4.79 Å². The first kappa shape index (κ1) is 27.4. The molecule has 0 bridgehead atoms. The zero-order valence-corrected chi connectivity index (χ0v) is 22.4. The van der Waals surface area contributed by atoms with Gasteiger partial charge in [-0.25, -0.2) is 4.99 Å². The molecule has 1 fully saturated rings. The van der Waals surface area contributed by atoms with Gasteiger partial charge in [-0.15, -0.1) is 0 Å². The van der Waals surface area contributed by atoms with E-state index in [2.05, 4.69) is 27.0 Å². The maximum Gasteiger partial charge on any atom is 0.260 e. The predicted molar refractivity (Wildman–Crippen MR) is 143 cm³/mol. The molecule has 2 aromatic rings. The van der Waals surface area contributed by atoms with Crippen LogP contribution in [0.4, 0.5) is 0 Å². The molecule has 0 spiro atoms. The van der Waals surface area contributed by atoms with E-state index in [1.807, 2.05) is 45.9 Å². The summed E-state index contributed by atoms with van der Waals surface area (Å²) in [6, 6.07) is 5.37. The van der Waals surface area contributed by atoms with Crippen molar-refractivity contribution in [1.82, 2.24) is 20.4 Å². The number of halogens is 1. The second kappa shape index (κ2) is 12.6. The van der Waals surface area contributed by atoms with Crippen molar-refractivity contribution < 1.29 is 14.1 Å². The van der Waals surface area contributed by atoms with E-state index in [-0.39, 0.29) is 5.91 Å². The Morgan fingerprint density at radius 3 is 2.75 bits per heavy atom. The summed E-state index contributed by atoms with van der Waals surface area (Å²) in [5, 5.41) is 7.62. The Bertz CT molecular complexity index is 1190. The molecule has 1 unspecified atom stereocenters. The molecular weight excluding hydrogens is 478 g/mol. The third-order valence-corrected chi connectivity index (χ3v) is 6.13. The second-order valence-corrected chi connectivity index (χ2v) is 8.58. The van der Waals surface area contributed by atoms with Crippen LogP contribution in [0.1, 0.15) is 45.6 Å². The molecule has 2 aliphatic heterocycles. The molecule has 1 atom stereocenters. The second-order valence-electron chi connectivity index (χ2n) is 8.18. The average Bonchev–Trinajstić information content (AvgIpc) is 3.56. The molecule has 192 valence electrons. The fourth-order valence-corrected chi connectivity index (χ4v) is 4.25. The number of amidine groups is 1. The van der Waals surface area contributed by atoms with Crippen LogP contribution in [0.15, 0.2) is 57.8 Å². The van der Waals surface area contributed by atoms with Crippen LogP contribution in [0.3, 0.4) is 0 Å². The standard InChI is InChI=1S/C25H28ClN5O3.C2H6/c1-5-18-11-21(20-8-7-19(12-22(20)26)23-29-16(4)34-30-23)25(32)31(6-2)24(18)28-15(3)27-13-17-9-10-33-14-17;1-2/h5,7-8,11-12,17,27H,3,6,9-10,13-14H2,1-2,4H3;1-2H3/b18-5-,28-24+;. The minimum absolute atomic E-state index is 0.172. The number of ether oxygens (including phenoxy) is 1. The smallest absolute Gasteiger partial charge is 0.260 e. The van der Waals surface area contributed by atoms with Crippen molar-refractivity contribution in [2.24, 2.45) is 10.9 Å². The third kappa shape index (κ3) is 6.12. The van der Waals surface area contributed by atoms with Gasteiger partial charge in [0.05, 0.1) is 6.61 Å². The van der Waals surface area contributed by atoms with Crippen LogP contribution in [-0.2, 0) is 9.53 Å². The molecule has 1 amide bonds. The molecule has 0 saturated carbocycles. The van der Waals surface area contributed by atoms with Gasteiger partial charge in [-0.05, 0) is 32.4 Å². The monoisotopic (exact) mass is 511 g/mol. The minimum Gasteiger partial charge on any atom is -0.381 e. The van der Waals surface area contributed by atoms with Crippen LogP contribution in [0, 0.1) is 12.8 Å². The Balaban J connectivity index is 0.00000176. The van der Waals surface area contributed by atoms with Gasteiger partial charge in [0.25, 0.3) is 5.91 Å². The number of nitrogens with zero attached hydrogens (tertiary/aromatic N) is 4. The number of nitrogens with one attached hydrogen (secondary N) is 1. The number of likely N-dealkylation sites (N-methyl/N-ethyl adjacent to an activating group) is 1. The largest absolute Gasteiger partial charge is 0.381 e. The zero-order chi connectivity index (χ0) is 26.2. The number of amides is 1. The number of carbonyl (C=O) groups excluding carboxylic acids is 1. The summed E-state index contributed by atoms with van der Waals surface area (Å²) < 4.78 is 10.5. The molecular formula is C27H34ClN5O3. The number of hydrogen-bond donors (Lipinski definition) is 1. The van der Waals surface area contributed by atoms with Crippen molar-refractivity contribution in [3.63, 3.8) is 0 Å². The average molecular weight is 512 g/mol. The summed E-state index contributed by atoms with van der Waals surface area (Å²) in [6.45, 7) is 16.3. The molecule has 1 aromatic carbocycles. The predicted octanol–water partition coefficient (Wildman–Crippen LogP) is 5.41. The van der Waals surface area contributed by atoms with E-state index in [1.165, 1.54) is 0 Å². The van der Waals surface area contributed by atoms with Crippen molar-refractivity contribution in [1.29, 1.82) is 0 Å². The van der Waals surface area contributed by atoms with Gasteiger partial charge in [-0.2, -0.15) is 4.98 Å². The fourth-order valence-electron chi connectivity index (χ4n) is 3.97. The Kier molecular flexibility index (Phi) is 9.61. The van der Waals surface area contributed by atoms with Crippen LogP contribution >= 0.6 is 11.6 Å². The molecule has 4 rings (SSSR count). The fraction of sp³-hybridized carbons (Fsp3) is 0.407. The number of hydrogen-bond acceptors (Lipinski definition) is 7. The number of carbonyl (C=O) groups is 1. The number of aliphatic imine (C=N–C) groups is 1. The summed E-state index contributed by atoms with van der Waals surface area (Å²) in [5.41, 5.74) is 2.66. The van der Waals surface area contributed by atoms with Gasteiger partial charge in [-0.3, -0.25) is 9.69 Å². The van der Waals surface area contributed by atoms with E-state index in [0.29, 0.717) is 57.6 Å². The Morgan fingerprint density at radius 2 is 2.17 bits per heavy atom. The summed E-state index contributed by atoms with van der Waals surface area (Å²) in [4.78, 5) is 24.0. The van der Waals surface area contributed by atoms with Gasteiger partial charge < -0.3 is 14.6 Å². The first-order valence-corrected chi connectivity index (χ1v) is 12.7. The van der Waals surface area contributed by atoms with Crippen molar-refractivity contribution in [3.05, 3.63) is 64.8 Å². The minimum atomic E-state index is -0.172. The van der Waals surface area contributed by atoms with E-state index in [0.717, 1.165) is 31.8 Å². The maximum absolute atomic E-state index is 13.5. The normalized spacial score (nSPS) is 19.8. The SMILES string of the molecule is C=C(/N=C1\C(=C/C)C=C(c2ccc(-c3noc(C)n3)cc2Cl)C(=O)N1CC)NCC1CCOC1.CC.